The minimum absolute atomic E-state index is 0.414. The van der Waals surface area contributed by atoms with Crippen LogP contribution in [0.3, 0.4) is 0 Å². The Morgan fingerprint density at radius 2 is 1.95 bits per heavy atom. The van der Waals surface area contributed by atoms with Gasteiger partial charge in [-0.15, -0.1) is 0 Å². The van der Waals surface area contributed by atoms with E-state index in [1.54, 1.807) is 0 Å². The molecule has 3 rings (SSSR count). The number of hydrogen-bond acceptors (Lipinski definition) is 5. The maximum Gasteiger partial charge on any atom is 0.259 e. The predicted molar refractivity (Wildman–Crippen MR) is 71.8 cm³/mol. The lowest BCUT2D eigenvalue weighted by molar-refractivity contribution is 0.392. The average Bonchev–Trinajstić information content (AvgIpc) is 2.89. The van der Waals surface area contributed by atoms with Gasteiger partial charge in [0.05, 0.1) is 11.3 Å². The maximum absolute atomic E-state index is 5.40. The highest BCUT2D eigenvalue weighted by molar-refractivity contribution is 5.55. The van der Waals surface area contributed by atoms with Crippen molar-refractivity contribution >= 4 is 0 Å². The van der Waals surface area contributed by atoms with E-state index in [1.165, 1.54) is 0 Å². The molecule has 0 saturated carbocycles. The third kappa shape index (κ3) is 2.51. The van der Waals surface area contributed by atoms with E-state index in [0.29, 0.717) is 11.8 Å². The summed E-state index contributed by atoms with van der Waals surface area (Å²) in [4.78, 5) is 8.98. The molecule has 1 aliphatic heterocycles. The molecule has 0 atom stereocenters. The number of nitrogens with one attached hydrogen (secondary N) is 1. The Bertz CT molecular complexity index is 573. The van der Waals surface area contributed by atoms with Crippen LogP contribution in [0.2, 0.25) is 0 Å². The zero-order valence-corrected chi connectivity index (χ0v) is 11.3. The van der Waals surface area contributed by atoms with Gasteiger partial charge in [0.1, 0.15) is 0 Å². The summed E-state index contributed by atoms with van der Waals surface area (Å²) in [6.07, 6.45) is 2.15. The molecule has 0 bridgehead atoms. The molecule has 2 aromatic rings. The Labute approximate surface area is 112 Å². The summed E-state index contributed by atoms with van der Waals surface area (Å²) in [5.74, 6) is 1.83. The maximum atomic E-state index is 5.40. The van der Waals surface area contributed by atoms with Crippen LogP contribution in [0, 0.1) is 13.8 Å². The lowest BCUT2D eigenvalue weighted by Crippen LogP contribution is -2.27. The SMILES string of the molecule is Cc1ccc(-c2nc(C3CCNCC3)no2)c(C)n1. The van der Waals surface area contributed by atoms with Gasteiger partial charge < -0.3 is 9.84 Å². The minimum atomic E-state index is 0.414. The zero-order chi connectivity index (χ0) is 13.2. The third-order valence-electron chi connectivity index (χ3n) is 3.60. The summed E-state index contributed by atoms with van der Waals surface area (Å²) in [6.45, 7) is 6.00. The summed E-state index contributed by atoms with van der Waals surface area (Å²) in [7, 11) is 0. The monoisotopic (exact) mass is 258 g/mol. The first-order valence-electron chi connectivity index (χ1n) is 6.73. The van der Waals surface area contributed by atoms with Crippen LogP contribution in [0.1, 0.15) is 36.0 Å². The van der Waals surface area contributed by atoms with Gasteiger partial charge in [-0.05, 0) is 51.9 Å². The van der Waals surface area contributed by atoms with Gasteiger partial charge in [-0.25, -0.2) is 0 Å². The van der Waals surface area contributed by atoms with E-state index in [9.17, 15) is 0 Å². The smallest absolute Gasteiger partial charge is 0.259 e. The van der Waals surface area contributed by atoms with E-state index in [4.69, 9.17) is 4.52 Å². The Hall–Kier alpha value is -1.75. The molecule has 0 unspecified atom stereocenters. The predicted octanol–water partition coefficient (Wildman–Crippen LogP) is 2.22. The van der Waals surface area contributed by atoms with Crippen LogP contribution < -0.4 is 5.32 Å². The fourth-order valence-corrected chi connectivity index (χ4v) is 2.50. The first-order valence-corrected chi connectivity index (χ1v) is 6.73. The molecule has 0 aromatic carbocycles. The normalized spacial score (nSPS) is 16.7. The fraction of sp³-hybridized carbons (Fsp3) is 0.500. The second-order valence-corrected chi connectivity index (χ2v) is 5.07. The summed E-state index contributed by atoms with van der Waals surface area (Å²) in [5, 5.41) is 7.48. The number of aromatic nitrogens is 3. The molecular formula is C14H18N4O. The quantitative estimate of drug-likeness (QED) is 0.894. The molecule has 5 nitrogen and oxygen atoms in total. The van der Waals surface area contributed by atoms with Crippen molar-refractivity contribution < 1.29 is 4.52 Å². The van der Waals surface area contributed by atoms with E-state index >= 15 is 0 Å². The van der Waals surface area contributed by atoms with Gasteiger partial charge in [-0.2, -0.15) is 4.98 Å². The fourth-order valence-electron chi connectivity index (χ4n) is 2.50. The zero-order valence-electron chi connectivity index (χ0n) is 11.3. The summed E-state index contributed by atoms with van der Waals surface area (Å²) < 4.78 is 5.40. The molecule has 1 fully saturated rings. The molecule has 0 spiro atoms. The Morgan fingerprint density at radius 3 is 2.68 bits per heavy atom. The largest absolute Gasteiger partial charge is 0.334 e. The molecule has 1 aliphatic rings. The number of rotatable bonds is 2. The van der Waals surface area contributed by atoms with E-state index in [1.807, 2.05) is 26.0 Å². The Balaban J connectivity index is 1.87. The molecule has 0 amide bonds. The van der Waals surface area contributed by atoms with Crippen molar-refractivity contribution in [2.75, 3.05) is 13.1 Å². The van der Waals surface area contributed by atoms with Gasteiger partial charge in [-0.1, -0.05) is 5.16 Å². The van der Waals surface area contributed by atoms with Gasteiger partial charge in [0.25, 0.3) is 5.89 Å². The molecule has 19 heavy (non-hydrogen) atoms. The Kier molecular flexibility index (Phi) is 3.29. The lowest BCUT2D eigenvalue weighted by atomic mass is 9.98. The van der Waals surface area contributed by atoms with Crippen LogP contribution in [0.4, 0.5) is 0 Å². The van der Waals surface area contributed by atoms with Gasteiger partial charge >= 0.3 is 0 Å². The molecule has 1 saturated heterocycles. The highest BCUT2D eigenvalue weighted by atomic mass is 16.5. The van der Waals surface area contributed by atoms with Gasteiger partial charge in [-0.3, -0.25) is 4.98 Å². The highest BCUT2D eigenvalue weighted by Gasteiger charge is 2.21. The molecule has 5 heteroatoms. The first kappa shape index (κ1) is 12.3. The Morgan fingerprint density at radius 1 is 1.16 bits per heavy atom. The van der Waals surface area contributed by atoms with Crippen molar-refractivity contribution in [3.8, 4) is 11.5 Å². The van der Waals surface area contributed by atoms with E-state index in [-0.39, 0.29) is 0 Å². The van der Waals surface area contributed by atoms with Gasteiger partial charge in [0.2, 0.25) is 0 Å². The molecular weight excluding hydrogens is 240 g/mol. The van der Waals surface area contributed by atoms with Crippen molar-refractivity contribution in [2.24, 2.45) is 0 Å². The highest BCUT2D eigenvalue weighted by Crippen LogP contribution is 2.26. The number of piperidine rings is 1. The molecule has 0 radical (unpaired) electrons. The first-order chi connectivity index (χ1) is 9.24. The molecule has 1 N–H and O–H groups in total. The van der Waals surface area contributed by atoms with Gasteiger partial charge in [0.15, 0.2) is 5.82 Å². The van der Waals surface area contributed by atoms with Crippen LogP contribution in [0.25, 0.3) is 11.5 Å². The van der Waals surface area contributed by atoms with Gasteiger partial charge in [0, 0.05) is 11.6 Å². The molecule has 2 aromatic heterocycles. The van der Waals surface area contributed by atoms with Crippen molar-refractivity contribution in [3.05, 3.63) is 29.3 Å². The van der Waals surface area contributed by atoms with Crippen molar-refractivity contribution in [1.29, 1.82) is 0 Å². The number of nitrogens with zero attached hydrogens (tertiary/aromatic N) is 3. The molecule has 3 heterocycles. The van der Waals surface area contributed by atoms with Crippen LogP contribution in [-0.4, -0.2) is 28.2 Å². The third-order valence-corrected chi connectivity index (χ3v) is 3.60. The van der Waals surface area contributed by atoms with Crippen LogP contribution >= 0.6 is 0 Å². The van der Waals surface area contributed by atoms with Crippen molar-refractivity contribution in [3.63, 3.8) is 0 Å². The second kappa shape index (κ2) is 5.09. The average molecular weight is 258 g/mol. The van der Waals surface area contributed by atoms with E-state index in [0.717, 1.165) is 48.7 Å². The van der Waals surface area contributed by atoms with Crippen LogP contribution in [0.5, 0.6) is 0 Å². The molecule has 0 aliphatic carbocycles. The van der Waals surface area contributed by atoms with Crippen LogP contribution in [-0.2, 0) is 0 Å². The second-order valence-electron chi connectivity index (χ2n) is 5.07. The number of aryl methyl sites for hydroxylation is 2. The minimum Gasteiger partial charge on any atom is -0.334 e. The summed E-state index contributed by atoms with van der Waals surface area (Å²) >= 11 is 0. The topological polar surface area (TPSA) is 63.8 Å². The number of hydrogen-bond donors (Lipinski definition) is 1. The van der Waals surface area contributed by atoms with Crippen molar-refractivity contribution in [1.82, 2.24) is 20.4 Å². The standard InChI is InChI=1S/C14H18N4O/c1-9-3-4-12(10(2)16-9)14-17-13(18-19-14)11-5-7-15-8-6-11/h3-4,11,15H,5-8H2,1-2H3. The van der Waals surface area contributed by atoms with E-state index in [2.05, 4.69) is 20.4 Å². The van der Waals surface area contributed by atoms with Crippen LogP contribution in [0.15, 0.2) is 16.7 Å². The van der Waals surface area contributed by atoms with E-state index < -0.39 is 0 Å². The summed E-state index contributed by atoms with van der Waals surface area (Å²) in [6, 6.07) is 3.97. The van der Waals surface area contributed by atoms with Crippen molar-refractivity contribution in [2.45, 2.75) is 32.6 Å². The molecule has 100 valence electrons. The number of pyridine rings is 1. The summed E-state index contributed by atoms with van der Waals surface area (Å²) in [5.41, 5.74) is 2.86. The lowest BCUT2D eigenvalue weighted by Gasteiger charge is -2.18.